The summed E-state index contributed by atoms with van der Waals surface area (Å²) >= 11 is 0. The highest BCUT2D eigenvalue weighted by atomic mass is 16.2. The summed E-state index contributed by atoms with van der Waals surface area (Å²) in [5.41, 5.74) is 2.22. The lowest BCUT2D eigenvalue weighted by atomic mass is 10.2. The van der Waals surface area contributed by atoms with Crippen molar-refractivity contribution in [2.75, 3.05) is 25.5 Å². The lowest BCUT2D eigenvalue weighted by molar-refractivity contribution is -0.117. The fourth-order valence-electron chi connectivity index (χ4n) is 1.54. The molecule has 0 radical (unpaired) electrons. The summed E-state index contributed by atoms with van der Waals surface area (Å²) < 4.78 is 0. The molecule has 0 atom stereocenters. The maximum atomic E-state index is 11.0. The second-order valence-corrected chi connectivity index (χ2v) is 3.95. The molecule has 0 unspecified atom stereocenters. The zero-order chi connectivity index (χ0) is 11.5. The van der Waals surface area contributed by atoms with E-state index in [0.717, 1.165) is 17.1 Å². The summed E-state index contributed by atoms with van der Waals surface area (Å²) in [6.45, 7) is 0.363. The Bertz CT molecular complexity index is 420. The summed E-state index contributed by atoms with van der Waals surface area (Å²) in [6, 6.07) is 8.13. The van der Waals surface area contributed by atoms with Crippen LogP contribution in [0.3, 0.4) is 0 Å². The number of rotatable bonds is 2. The first kappa shape index (κ1) is 10.5. The third-order valence-corrected chi connectivity index (χ3v) is 2.43. The zero-order valence-electron chi connectivity index (χ0n) is 9.45. The largest absolute Gasteiger partial charge is 0.378 e. The van der Waals surface area contributed by atoms with Crippen LogP contribution in [0.2, 0.25) is 0 Å². The summed E-state index contributed by atoms with van der Waals surface area (Å²) in [4.78, 5) is 13.0. The molecule has 0 spiro atoms. The molecule has 0 bridgehead atoms. The van der Waals surface area contributed by atoms with Crippen LogP contribution in [0.25, 0.3) is 6.08 Å². The lowest BCUT2D eigenvalue weighted by Gasteiger charge is -2.11. The molecule has 0 aliphatic carbocycles. The number of anilines is 1. The highest BCUT2D eigenvalue weighted by Gasteiger charge is 2.12. The molecule has 1 heterocycles. The van der Waals surface area contributed by atoms with E-state index in [1.54, 1.807) is 0 Å². The van der Waals surface area contributed by atoms with Crippen molar-refractivity contribution in [1.29, 1.82) is 0 Å². The molecule has 16 heavy (non-hydrogen) atoms. The second kappa shape index (κ2) is 4.26. The van der Waals surface area contributed by atoms with Crippen molar-refractivity contribution in [3.05, 3.63) is 35.6 Å². The molecular weight excluding hydrogens is 202 g/mol. The molecule has 84 valence electrons. The highest BCUT2D eigenvalue weighted by molar-refractivity contribution is 5.84. The van der Waals surface area contributed by atoms with Gasteiger partial charge >= 0.3 is 0 Å². The van der Waals surface area contributed by atoms with Gasteiger partial charge in [0.2, 0.25) is 5.91 Å². The van der Waals surface area contributed by atoms with Crippen LogP contribution >= 0.6 is 0 Å². The molecule has 1 aromatic rings. The van der Waals surface area contributed by atoms with Gasteiger partial charge in [0, 0.05) is 19.8 Å². The van der Waals surface area contributed by atoms with Crippen LogP contribution in [0.1, 0.15) is 5.56 Å². The topological polar surface area (TPSA) is 44.4 Å². The van der Waals surface area contributed by atoms with Gasteiger partial charge in [-0.15, -0.1) is 0 Å². The Morgan fingerprint density at radius 3 is 2.44 bits per heavy atom. The third-order valence-electron chi connectivity index (χ3n) is 2.43. The molecule has 0 saturated carbocycles. The molecule has 1 saturated heterocycles. The third kappa shape index (κ3) is 2.34. The van der Waals surface area contributed by atoms with Crippen LogP contribution in [0.4, 0.5) is 5.69 Å². The summed E-state index contributed by atoms with van der Waals surface area (Å²) in [6.07, 6.45) is 1.92. The van der Waals surface area contributed by atoms with Crippen LogP contribution in [-0.2, 0) is 4.79 Å². The van der Waals surface area contributed by atoms with Crippen molar-refractivity contribution >= 4 is 17.7 Å². The number of nitrogens with zero attached hydrogens (tertiary/aromatic N) is 1. The Morgan fingerprint density at radius 1 is 1.25 bits per heavy atom. The number of carbonyl (C=O) groups excluding carboxylic acids is 1. The molecule has 1 aliphatic rings. The molecule has 4 nitrogen and oxygen atoms in total. The van der Waals surface area contributed by atoms with Crippen LogP contribution < -0.4 is 15.5 Å². The average Bonchev–Trinajstić information content (AvgIpc) is 2.65. The van der Waals surface area contributed by atoms with Crippen LogP contribution in [0, 0.1) is 0 Å². The van der Waals surface area contributed by atoms with Gasteiger partial charge in [0.1, 0.15) is 5.82 Å². The molecule has 1 aromatic carbocycles. The Labute approximate surface area is 94.9 Å². The van der Waals surface area contributed by atoms with Gasteiger partial charge in [0.15, 0.2) is 0 Å². The Hall–Kier alpha value is -1.97. The van der Waals surface area contributed by atoms with E-state index < -0.39 is 0 Å². The predicted octanol–water partition coefficient (Wildman–Crippen LogP) is 0.770. The quantitative estimate of drug-likeness (QED) is 0.769. The number of carbonyl (C=O) groups is 1. The van der Waals surface area contributed by atoms with Gasteiger partial charge < -0.3 is 15.5 Å². The Morgan fingerprint density at radius 2 is 1.94 bits per heavy atom. The van der Waals surface area contributed by atoms with Gasteiger partial charge in [-0.1, -0.05) is 12.1 Å². The first-order chi connectivity index (χ1) is 7.65. The maximum absolute atomic E-state index is 11.0. The van der Waals surface area contributed by atoms with Gasteiger partial charge in [-0.05, 0) is 23.8 Å². The van der Waals surface area contributed by atoms with E-state index in [1.807, 2.05) is 49.3 Å². The van der Waals surface area contributed by atoms with E-state index in [9.17, 15) is 4.79 Å². The smallest absolute Gasteiger partial charge is 0.244 e. The van der Waals surface area contributed by atoms with Crippen molar-refractivity contribution in [3.8, 4) is 0 Å². The van der Waals surface area contributed by atoms with Crippen molar-refractivity contribution in [1.82, 2.24) is 10.6 Å². The molecule has 0 aromatic heterocycles. The fourth-order valence-corrected chi connectivity index (χ4v) is 1.54. The molecule has 4 heteroatoms. The van der Waals surface area contributed by atoms with Crippen molar-refractivity contribution in [2.45, 2.75) is 0 Å². The number of amides is 1. The van der Waals surface area contributed by atoms with Crippen LogP contribution in [0.5, 0.6) is 0 Å². The van der Waals surface area contributed by atoms with Gasteiger partial charge in [0.25, 0.3) is 0 Å². The number of nitrogens with one attached hydrogen (secondary N) is 2. The highest BCUT2D eigenvalue weighted by Crippen LogP contribution is 2.14. The SMILES string of the molecule is CN(C)c1ccc(C=C2NCC(=O)N2)cc1. The van der Waals surface area contributed by atoms with Gasteiger partial charge in [0.05, 0.1) is 6.54 Å². The normalized spacial score (nSPS) is 17.1. The number of hydrogen-bond acceptors (Lipinski definition) is 3. The van der Waals surface area contributed by atoms with Crippen molar-refractivity contribution in [3.63, 3.8) is 0 Å². The Balaban J connectivity index is 2.13. The molecule has 1 amide bonds. The number of benzene rings is 1. The minimum Gasteiger partial charge on any atom is -0.378 e. The van der Waals surface area contributed by atoms with E-state index in [1.165, 1.54) is 0 Å². The average molecular weight is 217 g/mol. The van der Waals surface area contributed by atoms with E-state index >= 15 is 0 Å². The fraction of sp³-hybridized carbons (Fsp3) is 0.250. The first-order valence-electron chi connectivity index (χ1n) is 5.18. The van der Waals surface area contributed by atoms with E-state index in [0.29, 0.717) is 6.54 Å². The summed E-state index contributed by atoms with van der Waals surface area (Å²) in [5.74, 6) is 0.777. The maximum Gasteiger partial charge on any atom is 0.244 e. The second-order valence-electron chi connectivity index (χ2n) is 3.95. The monoisotopic (exact) mass is 217 g/mol. The Kier molecular flexibility index (Phi) is 2.81. The summed E-state index contributed by atoms with van der Waals surface area (Å²) in [5, 5.41) is 5.72. The first-order valence-corrected chi connectivity index (χ1v) is 5.18. The van der Waals surface area contributed by atoms with Gasteiger partial charge in [-0.3, -0.25) is 4.79 Å². The molecule has 1 fully saturated rings. The van der Waals surface area contributed by atoms with E-state index in [4.69, 9.17) is 0 Å². The molecule has 1 aliphatic heterocycles. The van der Waals surface area contributed by atoms with Crippen LogP contribution in [-0.4, -0.2) is 26.5 Å². The van der Waals surface area contributed by atoms with Crippen molar-refractivity contribution < 1.29 is 4.79 Å². The predicted molar refractivity (Wildman–Crippen MR) is 64.9 cm³/mol. The van der Waals surface area contributed by atoms with E-state index in [2.05, 4.69) is 10.6 Å². The minimum atomic E-state index is 0.0103. The zero-order valence-corrected chi connectivity index (χ0v) is 9.45. The van der Waals surface area contributed by atoms with Crippen molar-refractivity contribution in [2.24, 2.45) is 0 Å². The van der Waals surface area contributed by atoms with Crippen LogP contribution in [0.15, 0.2) is 30.1 Å². The minimum absolute atomic E-state index is 0.0103. The van der Waals surface area contributed by atoms with E-state index in [-0.39, 0.29) is 5.91 Å². The standard InChI is InChI=1S/C12H15N3O/c1-15(2)10-5-3-9(4-6-10)7-11-13-8-12(16)14-11/h3-7,13H,8H2,1-2H3,(H,14,16). The molecular formula is C12H15N3O. The molecule has 2 N–H and O–H groups in total. The number of hydrogen-bond donors (Lipinski definition) is 2. The summed E-state index contributed by atoms with van der Waals surface area (Å²) in [7, 11) is 4.01. The van der Waals surface area contributed by atoms with Gasteiger partial charge in [-0.2, -0.15) is 0 Å². The van der Waals surface area contributed by atoms with Gasteiger partial charge in [-0.25, -0.2) is 0 Å². The lowest BCUT2D eigenvalue weighted by Crippen LogP contribution is -2.13. The molecule has 2 rings (SSSR count).